The fourth-order valence-electron chi connectivity index (χ4n) is 3.23. The van der Waals surface area contributed by atoms with Crippen LogP contribution in [0.4, 0.5) is 4.39 Å². The van der Waals surface area contributed by atoms with Crippen LogP contribution in [-0.4, -0.2) is 48.5 Å². The lowest BCUT2D eigenvalue weighted by Gasteiger charge is -2.28. The van der Waals surface area contributed by atoms with Gasteiger partial charge in [0.2, 0.25) is 11.8 Å². The van der Waals surface area contributed by atoms with Gasteiger partial charge in [-0.3, -0.25) is 9.59 Å². The van der Waals surface area contributed by atoms with E-state index in [-0.39, 0.29) is 35.3 Å². The Morgan fingerprint density at radius 3 is 2.85 bits per heavy atom. The van der Waals surface area contributed by atoms with Crippen LogP contribution >= 0.6 is 24.2 Å². The van der Waals surface area contributed by atoms with E-state index >= 15 is 0 Å². The molecular formula is C18H25ClFN3O2S. The van der Waals surface area contributed by atoms with E-state index in [1.54, 1.807) is 18.2 Å². The second-order valence-corrected chi connectivity index (χ2v) is 7.85. The van der Waals surface area contributed by atoms with E-state index in [1.807, 2.05) is 0 Å². The van der Waals surface area contributed by atoms with E-state index in [1.165, 1.54) is 17.8 Å². The molecule has 3 atom stereocenters. The van der Waals surface area contributed by atoms with Crippen molar-refractivity contribution in [3.63, 3.8) is 0 Å². The molecule has 2 fully saturated rings. The van der Waals surface area contributed by atoms with E-state index in [4.69, 9.17) is 0 Å². The first kappa shape index (κ1) is 21.0. The average Bonchev–Trinajstić information content (AvgIpc) is 3.12. The zero-order valence-corrected chi connectivity index (χ0v) is 16.1. The molecule has 0 bridgehead atoms. The van der Waals surface area contributed by atoms with Crippen molar-refractivity contribution in [3.05, 3.63) is 35.6 Å². The minimum Gasteiger partial charge on any atom is -0.354 e. The van der Waals surface area contributed by atoms with Gasteiger partial charge in [-0.2, -0.15) is 0 Å². The molecule has 3 unspecified atom stereocenters. The number of hydrogen-bond acceptors (Lipinski definition) is 4. The maximum atomic E-state index is 13.7. The molecule has 0 radical (unpaired) electrons. The molecule has 2 amide bonds. The first-order valence-corrected chi connectivity index (χ1v) is 9.82. The van der Waals surface area contributed by atoms with Crippen molar-refractivity contribution in [1.82, 2.24) is 16.0 Å². The Labute approximate surface area is 163 Å². The number of benzene rings is 1. The fraction of sp³-hybridized carbons (Fsp3) is 0.556. The van der Waals surface area contributed by atoms with Gasteiger partial charge in [0.25, 0.3) is 0 Å². The Hall–Kier alpha value is -1.31. The molecule has 5 nitrogen and oxygen atoms in total. The largest absolute Gasteiger partial charge is 0.354 e. The number of hydrogen-bond donors (Lipinski definition) is 3. The highest BCUT2D eigenvalue weighted by atomic mass is 35.5. The molecule has 2 saturated heterocycles. The molecule has 2 heterocycles. The Bertz CT molecular complexity index is 628. The highest BCUT2D eigenvalue weighted by Gasteiger charge is 2.32. The topological polar surface area (TPSA) is 70.2 Å². The first-order chi connectivity index (χ1) is 12.1. The molecule has 0 saturated carbocycles. The third kappa shape index (κ3) is 5.59. The van der Waals surface area contributed by atoms with E-state index in [9.17, 15) is 14.0 Å². The number of amides is 2. The normalized spacial score (nSPS) is 25.3. The highest BCUT2D eigenvalue weighted by Crippen LogP contribution is 2.23. The van der Waals surface area contributed by atoms with Crippen LogP contribution in [0.25, 0.3) is 0 Å². The lowest BCUT2D eigenvalue weighted by Crippen LogP contribution is -2.54. The summed E-state index contributed by atoms with van der Waals surface area (Å²) in [6.45, 7) is 2.71. The van der Waals surface area contributed by atoms with Gasteiger partial charge in [0.05, 0.1) is 5.25 Å². The van der Waals surface area contributed by atoms with Gasteiger partial charge in [0.15, 0.2) is 0 Å². The van der Waals surface area contributed by atoms with Crippen LogP contribution in [0.1, 0.15) is 18.4 Å². The molecule has 1 aromatic carbocycles. The minimum absolute atomic E-state index is 0. The Morgan fingerprint density at radius 2 is 2.15 bits per heavy atom. The van der Waals surface area contributed by atoms with Crippen LogP contribution in [-0.2, 0) is 16.0 Å². The second-order valence-electron chi connectivity index (χ2n) is 6.62. The van der Waals surface area contributed by atoms with Crippen LogP contribution in [0.2, 0.25) is 0 Å². The van der Waals surface area contributed by atoms with E-state index in [2.05, 4.69) is 16.0 Å². The molecule has 2 aliphatic heterocycles. The Kier molecular flexibility index (Phi) is 8.18. The maximum absolute atomic E-state index is 13.7. The van der Waals surface area contributed by atoms with Gasteiger partial charge in [-0.05, 0) is 49.9 Å². The van der Waals surface area contributed by atoms with Crippen molar-refractivity contribution in [2.24, 2.45) is 5.92 Å². The van der Waals surface area contributed by atoms with Crippen LogP contribution in [0.5, 0.6) is 0 Å². The van der Waals surface area contributed by atoms with Gasteiger partial charge < -0.3 is 16.0 Å². The molecule has 2 aliphatic rings. The van der Waals surface area contributed by atoms with Crippen molar-refractivity contribution in [1.29, 1.82) is 0 Å². The van der Waals surface area contributed by atoms with Gasteiger partial charge in [-0.25, -0.2) is 4.39 Å². The summed E-state index contributed by atoms with van der Waals surface area (Å²) in [4.78, 5) is 24.5. The van der Waals surface area contributed by atoms with Crippen molar-refractivity contribution in [3.8, 4) is 0 Å². The average molecular weight is 402 g/mol. The summed E-state index contributed by atoms with van der Waals surface area (Å²) in [5, 5.41) is 8.65. The number of rotatable bonds is 6. The third-order valence-electron chi connectivity index (χ3n) is 4.77. The number of carbonyl (C=O) groups is 2. The van der Waals surface area contributed by atoms with Gasteiger partial charge in [0.1, 0.15) is 11.9 Å². The molecule has 3 rings (SSSR count). The van der Waals surface area contributed by atoms with Crippen molar-refractivity contribution < 1.29 is 14.0 Å². The van der Waals surface area contributed by atoms with Crippen LogP contribution < -0.4 is 16.0 Å². The molecule has 144 valence electrons. The van der Waals surface area contributed by atoms with Gasteiger partial charge >= 0.3 is 0 Å². The SMILES string of the molecule is Cl.O=C(NCCC1CCNC1)C1CSC(Cc2ccccc2F)C(=O)N1. The molecule has 0 spiro atoms. The summed E-state index contributed by atoms with van der Waals surface area (Å²) >= 11 is 1.42. The number of nitrogens with one attached hydrogen (secondary N) is 3. The van der Waals surface area contributed by atoms with Gasteiger partial charge in [-0.1, -0.05) is 18.2 Å². The highest BCUT2D eigenvalue weighted by molar-refractivity contribution is 8.00. The molecule has 26 heavy (non-hydrogen) atoms. The van der Waals surface area contributed by atoms with Crippen molar-refractivity contribution >= 4 is 36.0 Å². The number of thioether (sulfide) groups is 1. The van der Waals surface area contributed by atoms with Crippen LogP contribution in [0.3, 0.4) is 0 Å². The summed E-state index contributed by atoms with van der Waals surface area (Å²) in [6, 6.07) is 5.99. The molecule has 8 heteroatoms. The van der Waals surface area contributed by atoms with Crippen LogP contribution in [0, 0.1) is 11.7 Å². The predicted molar refractivity (Wildman–Crippen MR) is 104 cm³/mol. The van der Waals surface area contributed by atoms with E-state index < -0.39 is 6.04 Å². The zero-order chi connectivity index (χ0) is 17.6. The molecular weight excluding hydrogens is 377 g/mol. The number of carbonyl (C=O) groups excluding carboxylic acids is 2. The van der Waals surface area contributed by atoms with Crippen molar-refractivity contribution in [2.75, 3.05) is 25.4 Å². The minimum atomic E-state index is -0.504. The smallest absolute Gasteiger partial charge is 0.243 e. The summed E-state index contributed by atoms with van der Waals surface area (Å²) in [5.74, 6) is 0.524. The lowest BCUT2D eigenvalue weighted by molar-refractivity contribution is -0.128. The molecule has 1 aromatic rings. The summed E-state index contributed by atoms with van der Waals surface area (Å²) in [6.07, 6.45) is 2.46. The summed E-state index contributed by atoms with van der Waals surface area (Å²) in [7, 11) is 0. The fourth-order valence-corrected chi connectivity index (χ4v) is 4.41. The lowest BCUT2D eigenvalue weighted by atomic mass is 10.1. The molecule has 0 aromatic heterocycles. The monoisotopic (exact) mass is 401 g/mol. The first-order valence-electron chi connectivity index (χ1n) is 8.77. The Morgan fingerprint density at radius 1 is 1.35 bits per heavy atom. The molecule has 3 N–H and O–H groups in total. The standard InChI is InChI=1S/C18H24FN3O2S.ClH/c19-14-4-2-1-3-13(14)9-16-18(24)22-15(11-25-16)17(23)21-8-6-12-5-7-20-10-12;/h1-4,12,15-16,20H,5-11H2,(H,21,23)(H,22,24);1H. The molecule has 0 aliphatic carbocycles. The predicted octanol–water partition coefficient (Wildman–Crippen LogP) is 1.51. The van der Waals surface area contributed by atoms with Crippen molar-refractivity contribution in [2.45, 2.75) is 30.6 Å². The van der Waals surface area contributed by atoms with Crippen LogP contribution in [0.15, 0.2) is 24.3 Å². The maximum Gasteiger partial charge on any atom is 0.243 e. The van der Waals surface area contributed by atoms with E-state index in [0.717, 1.165) is 25.9 Å². The Balaban J connectivity index is 0.00000243. The van der Waals surface area contributed by atoms with E-state index in [0.29, 0.717) is 30.2 Å². The quantitative estimate of drug-likeness (QED) is 0.675. The third-order valence-corrected chi connectivity index (χ3v) is 6.08. The summed E-state index contributed by atoms with van der Waals surface area (Å²) in [5.41, 5.74) is 0.531. The van der Waals surface area contributed by atoms with Gasteiger partial charge in [-0.15, -0.1) is 24.2 Å². The second kappa shape index (κ2) is 10.1. The summed E-state index contributed by atoms with van der Waals surface area (Å²) < 4.78 is 13.7. The van der Waals surface area contributed by atoms with Gasteiger partial charge in [0, 0.05) is 12.3 Å². The number of halogens is 2. The zero-order valence-electron chi connectivity index (χ0n) is 14.5.